The molecule has 1 N–H and O–H groups in total. The second-order valence-corrected chi connectivity index (χ2v) is 8.14. The lowest BCUT2D eigenvalue weighted by Crippen LogP contribution is -2.16. The Bertz CT molecular complexity index is 979. The Morgan fingerprint density at radius 2 is 1.96 bits per heavy atom. The minimum absolute atomic E-state index is 0.205. The molecule has 0 spiro atoms. The summed E-state index contributed by atoms with van der Waals surface area (Å²) >= 11 is 8.52. The van der Waals surface area contributed by atoms with Gasteiger partial charge in [0, 0.05) is 20.9 Å². The number of aryl methyl sites for hydroxylation is 1. The monoisotopic (exact) mass is 435 g/mol. The first kappa shape index (κ1) is 20.5. The van der Waals surface area contributed by atoms with Gasteiger partial charge in [-0.1, -0.05) is 11.6 Å². The van der Waals surface area contributed by atoms with Crippen LogP contribution in [-0.4, -0.2) is 24.2 Å². The van der Waals surface area contributed by atoms with Gasteiger partial charge in [0.25, 0.3) is 0 Å². The molecule has 0 radical (unpaired) electrons. The molecule has 8 heteroatoms. The molecule has 0 saturated heterocycles. The highest BCUT2D eigenvalue weighted by atomic mass is 35.5. The van der Waals surface area contributed by atoms with Crippen molar-refractivity contribution in [1.82, 2.24) is 0 Å². The Morgan fingerprint density at radius 3 is 2.61 bits per heavy atom. The molecular formula is C20H18ClNO4S2. The fourth-order valence-corrected chi connectivity index (χ4v) is 4.24. The van der Waals surface area contributed by atoms with E-state index in [1.54, 1.807) is 30.5 Å². The van der Waals surface area contributed by atoms with Gasteiger partial charge in [-0.3, -0.25) is 4.79 Å². The van der Waals surface area contributed by atoms with E-state index in [4.69, 9.17) is 20.8 Å². The topological polar surface area (TPSA) is 68.5 Å². The number of carbonyl (C=O) groups is 2. The van der Waals surface area contributed by atoms with Crippen molar-refractivity contribution in [2.24, 2.45) is 0 Å². The van der Waals surface area contributed by atoms with Crippen molar-refractivity contribution >= 4 is 51.6 Å². The molecule has 0 aliphatic carbocycles. The molecular weight excluding hydrogens is 418 g/mol. The standard InChI is InChI=1S/C20H18ClNO4S2/c1-3-25-20(24)18-15(16-9-4-12(2)26-16)10-28-19(18)22-17(23)11-27-14-7-5-13(21)6-8-14/h4-10H,3,11H2,1-2H3,(H,22,23). The minimum Gasteiger partial charge on any atom is -0.462 e. The van der Waals surface area contributed by atoms with E-state index in [0.717, 1.165) is 10.7 Å². The number of amides is 1. The van der Waals surface area contributed by atoms with Gasteiger partial charge in [-0.2, -0.15) is 0 Å². The lowest BCUT2D eigenvalue weighted by molar-refractivity contribution is -0.113. The van der Waals surface area contributed by atoms with E-state index in [2.05, 4.69) is 5.32 Å². The molecule has 3 rings (SSSR count). The largest absolute Gasteiger partial charge is 0.462 e. The first-order valence-corrected chi connectivity index (χ1v) is 10.8. The van der Waals surface area contributed by atoms with Crippen LogP contribution in [0, 0.1) is 6.92 Å². The zero-order valence-electron chi connectivity index (χ0n) is 15.3. The molecule has 5 nitrogen and oxygen atoms in total. The van der Waals surface area contributed by atoms with E-state index in [1.165, 1.54) is 23.1 Å². The summed E-state index contributed by atoms with van der Waals surface area (Å²) in [7, 11) is 0. The summed E-state index contributed by atoms with van der Waals surface area (Å²) in [4.78, 5) is 25.8. The molecule has 0 fully saturated rings. The fraction of sp³-hybridized carbons (Fsp3) is 0.200. The first-order valence-electron chi connectivity index (χ1n) is 8.51. The fourth-order valence-electron chi connectivity index (χ4n) is 2.46. The summed E-state index contributed by atoms with van der Waals surface area (Å²) in [6.07, 6.45) is 0. The number of anilines is 1. The van der Waals surface area contributed by atoms with Gasteiger partial charge in [-0.05, 0) is 50.2 Å². The highest BCUT2D eigenvalue weighted by Gasteiger charge is 2.24. The predicted molar refractivity (Wildman–Crippen MR) is 114 cm³/mol. The number of thiophene rings is 1. The van der Waals surface area contributed by atoms with Gasteiger partial charge in [0.1, 0.15) is 22.1 Å². The molecule has 0 bridgehead atoms. The van der Waals surface area contributed by atoms with E-state index in [-0.39, 0.29) is 18.3 Å². The summed E-state index contributed by atoms with van der Waals surface area (Å²) in [6, 6.07) is 10.9. The third-order valence-corrected chi connectivity index (χ3v) is 5.87. The van der Waals surface area contributed by atoms with E-state index in [0.29, 0.717) is 26.9 Å². The molecule has 0 atom stereocenters. The SMILES string of the molecule is CCOC(=O)c1c(-c2ccc(C)o2)csc1NC(=O)CSc1ccc(Cl)cc1. The number of benzene rings is 1. The second kappa shape index (κ2) is 9.32. The molecule has 146 valence electrons. The van der Waals surface area contributed by atoms with Crippen molar-refractivity contribution in [3.8, 4) is 11.3 Å². The van der Waals surface area contributed by atoms with E-state index in [1.807, 2.05) is 25.1 Å². The van der Waals surface area contributed by atoms with E-state index < -0.39 is 5.97 Å². The van der Waals surface area contributed by atoms with Crippen molar-refractivity contribution in [3.63, 3.8) is 0 Å². The van der Waals surface area contributed by atoms with Gasteiger partial charge in [0.2, 0.25) is 5.91 Å². The van der Waals surface area contributed by atoms with Crippen LogP contribution < -0.4 is 5.32 Å². The Labute approximate surface area is 176 Å². The number of carbonyl (C=O) groups excluding carboxylic acids is 2. The molecule has 2 heterocycles. The third-order valence-electron chi connectivity index (χ3n) is 3.71. The Kier molecular flexibility index (Phi) is 6.83. The summed E-state index contributed by atoms with van der Waals surface area (Å²) in [5.74, 6) is 0.800. The molecule has 0 saturated carbocycles. The predicted octanol–water partition coefficient (Wildman–Crippen LogP) is 5.88. The number of nitrogens with one attached hydrogen (secondary N) is 1. The van der Waals surface area contributed by atoms with Gasteiger partial charge in [0.05, 0.1) is 12.4 Å². The van der Waals surface area contributed by atoms with Crippen LogP contribution in [-0.2, 0) is 9.53 Å². The van der Waals surface area contributed by atoms with Crippen LogP contribution in [0.15, 0.2) is 51.1 Å². The maximum Gasteiger partial charge on any atom is 0.341 e. The molecule has 2 aromatic heterocycles. The van der Waals surface area contributed by atoms with Crippen molar-refractivity contribution in [3.05, 3.63) is 58.1 Å². The summed E-state index contributed by atoms with van der Waals surface area (Å²) in [6.45, 7) is 3.81. The van der Waals surface area contributed by atoms with Crippen molar-refractivity contribution in [2.45, 2.75) is 18.7 Å². The van der Waals surface area contributed by atoms with Crippen LogP contribution in [0.4, 0.5) is 5.00 Å². The quantitative estimate of drug-likeness (QED) is 0.371. The lowest BCUT2D eigenvalue weighted by atomic mass is 10.1. The van der Waals surface area contributed by atoms with Crippen LogP contribution in [0.5, 0.6) is 0 Å². The molecule has 1 amide bonds. The summed E-state index contributed by atoms with van der Waals surface area (Å²) in [5.41, 5.74) is 0.920. The Hall–Kier alpha value is -2.22. The minimum atomic E-state index is -0.492. The van der Waals surface area contributed by atoms with Gasteiger partial charge in [0.15, 0.2) is 0 Å². The number of thioether (sulfide) groups is 1. The third kappa shape index (κ3) is 4.98. The number of halogens is 1. The first-order chi connectivity index (χ1) is 13.5. The average molecular weight is 436 g/mol. The van der Waals surface area contributed by atoms with Crippen LogP contribution in [0.1, 0.15) is 23.0 Å². The second-order valence-electron chi connectivity index (χ2n) is 5.78. The zero-order chi connectivity index (χ0) is 20.1. The molecule has 3 aromatic rings. The Morgan fingerprint density at radius 1 is 1.21 bits per heavy atom. The average Bonchev–Trinajstić information content (AvgIpc) is 3.27. The van der Waals surface area contributed by atoms with Crippen LogP contribution in [0.25, 0.3) is 11.3 Å². The van der Waals surface area contributed by atoms with Crippen LogP contribution in [0.2, 0.25) is 5.02 Å². The summed E-state index contributed by atoms with van der Waals surface area (Å²) < 4.78 is 10.8. The van der Waals surface area contributed by atoms with E-state index in [9.17, 15) is 9.59 Å². The molecule has 28 heavy (non-hydrogen) atoms. The van der Waals surface area contributed by atoms with Crippen molar-refractivity contribution < 1.29 is 18.7 Å². The maximum absolute atomic E-state index is 12.5. The maximum atomic E-state index is 12.5. The number of hydrogen-bond acceptors (Lipinski definition) is 6. The normalized spacial score (nSPS) is 10.7. The Balaban J connectivity index is 1.76. The van der Waals surface area contributed by atoms with E-state index >= 15 is 0 Å². The number of esters is 1. The molecule has 0 aliphatic rings. The lowest BCUT2D eigenvalue weighted by Gasteiger charge is -2.08. The highest BCUT2D eigenvalue weighted by molar-refractivity contribution is 8.00. The number of furan rings is 1. The molecule has 0 unspecified atom stereocenters. The zero-order valence-corrected chi connectivity index (χ0v) is 17.7. The van der Waals surface area contributed by atoms with Gasteiger partial charge in [-0.15, -0.1) is 23.1 Å². The number of ether oxygens (including phenoxy) is 1. The van der Waals surface area contributed by atoms with Crippen LogP contribution in [0.3, 0.4) is 0 Å². The summed E-state index contributed by atoms with van der Waals surface area (Å²) in [5, 5.41) is 5.70. The van der Waals surface area contributed by atoms with Gasteiger partial charge < -0.3 is 14.5 Å². The molecule has 1 aromatic carbocycles. The van der Waals surface area contributed by atoms with Crippen LogP contribution >= 0.6 is 34.7 Å². The van der Waals surface area contributed by atoms with Crippen molar-refractivity contribution in [2.75, 3.05) is 17.7 Å². The van der Waals surface area contributed by atoms with Gasteiger partial charge >= 0.3 is 5.97 Å². The molecule has 0 aliphatic heterocycles. The highest BCUT2D eigenvalue weighted by Crippen LogP contribution is 2.37. The van der Waals surface area contributed by atoms with Crippen molar-refractivity contribution in [1.29, 1.82) is 0 Å². The number of hydrogen-bond donors (Lipinski definition) is 1. The van der Waals surface area contributed by atoms with Gasteiger partial charge in [-0.25, -0.2) is 4.79 Å². The number of rotatable bonds is 7. The smallest absolute Gasteiger partial charge is 0.341 e.